The number of aryl methyl sites for hydroxylation is 3. The molecule has 1 heterocycles. The molecule has 0 saturated carbocycles. The number of rotatable bonds is 2. The number of benzene rings is 1. The van der Waals surface area contributed by atoms with Crippen LogP contribution >= 0.6 is 0 Å². The minimum atomic E-state index is -0.454. The van der Waals surface area contributed by atoms with Crippen molar-refractivity contribution < 1.29 is 9.18 Å². The van der Waals surface area contributed by atoms with Crippen molar-refractivity contribution in [2.75, 3.05) is 11.1 Å². The van der Waals surface area contributed by atoms with Crippen molar-refractivity contribution >= 4 is 17.4 Å². The molecular formula is C13H15FN4O. The van der Waals surface area contributed by atoms with Crippen molar-refractivity contribution in [3.8, 4) is 0 Å². The molecule has 5 nitrogen and oxygen atoms in total. The molecule has 100 valence electrons. The molecule has 0 spiro atoms. The molecule has 0 radical (unpaired) electrons. The molecule has 1 amide bonds. The third-order valence-corrected chi connectivity index (χ3v) is 2.94. The monoisotopic (exact) mass is 262 g/mol. The van der Waals surface area contributed by atoms with E-state index in [2.05, 4.69) is 10.4 Å². The van der Waals surface area contributed by atoms with E-state index in [4.69, 9.17) is 5.73 Å². The van der Waals surface area contributed by atoms with Crippen molar-refractivity contribution in [1.29, 1.82) is 0 Å². The minimum Gasteiger partial charge on any atom is -0.394 e. The van der Waals surface area contributed by atoms with E-state index in [1.807, 2.05) is 0 Å². The van der Waals surface area contributed by atoms with Crippen molar-refractivity contribution in [1.82, 2.24) is 9.78 Å². The predicted molar refractivity (Wildman–Crippen MR) is 71.4 cm³/mol. The number of amides is 1. The number of halogens is 1. The summed E-state index contributed by atoms with van der Waals surface area (Å²) in [7, 11) is 1.68. The Hall–Kier alpha value is -2.37. The summed E-state index contributed by atoms with van der Waals surface area (Å²) in [6, 6.07) is 4.07. The Bertz CT molecular complexity index is 648. The molecule has 0 aliphatic rings. The summed E-state index contributed by atoms with van der Waals surface area (Å²) in [6.45, 7) is 3.49. The second-order valence-corrected chi connectivity index (χ2v) is 4.38. The van der Waals surface area contributed by atoms with Gasteiger partial charge in [0.1, 0.15) is 5.82 Å². The van der Waals surface area contributed by atoms with Gasteiger partial charge < -0.3 is 11.1 Å². The minimum absolute atomic E-state index is 0.276. The maximum atomic E-state index is 13.2. The SMILES string of the molecule is Cc1ccc(F)cc1C(=O)Nc1c(N)c(C)nn1C. The fourth-order valence-electron chi connectivity index (χ4n) is 1.84. The topological polar surface area (TPSA) is 72.9 Å². The summed E-state index contributed by atoms with van der Waals surface area (Å²) in [6.07, 6.45) is 0. The van der Waals surface area contributed by atoms with Gasteiger partial charge in [-0.3, -0.25) is 9.48 Å². The lowest BCUT2D eigenvalue weighted by molar-refractivity contribution is 0.102. The summed E-state index contributed by atoms with van der Waals surface area (Å²) in [5.41, 5.74) is 7.83. The first-order chi connectivity index (χ1) is 8.90. The zero-order chi connectivity index (χ0) is 14.2. The largest absolute Gasteiger partial charge is 0.394 e. The molecule has 19 heavy (non-hydrogen) atoms. The Balaban J connectivity index is 2.33. The lowest BCUT2D eigenvalue weighted by atomic mass is 10.1. The summed E-state index contributed by atoms with van der Waals surface area (Å²) >= 11 is 0. The molecule has 0 saturated heterocycles. The molecule has 1 aromatic heterocycles. The lowest BCUT2D eigenvalue weighted by Crippen LogP contribution is -2.17. The van der Waals surface area contributed by atoms with Crippen molar-refractivity contribution in [3.63, 3.8) is 0 Å². The lowest BCUT2D eigenvalue weighted by Gasteiger charge is -2.08. The molecule has 1 aromatic carbocycles. The Kier molecular flexibility index (Phi) is 3.25. The van der Waals surface area contributed by atoms with Crippen LogP contribution in [-0.4, -0.2) is 15.7 Å². The molecule has 0 fully saturated rings. The first kappa shape index (κ1) is 13.1. The van der Waals surface area contributed by atoms with Crippen LogP contribution in [0.5, 0.6) is 0 Å². The van der Waals surface area contributed by atoms with Gasteiger partial charge in [-0.1, -0.05) is 6.07 Å². The fraction of sp³-hybridized carbons (Fsp3) is 0.231. The summed E-state index contributed by atoms with van der Waals surface area (Å²) < 4.78 is 14.7. The van der Waals surface area contributed by atoms with Gasteiger partial charge in [0.15, 0.2) is 5.82 Å². The molecule has 2 rings (SSSR count). The summed E-state index contributed by atoms with van der Waals surface area (Å²) in [4.78, 5) is 12.1. The number of nitrogens with zero attached hydrogens (tertiary/aromatic N) is 2. The Morgan fingerprint density at radius 3 is 2.68 bits per heavy atom. The van der Waals surface area contributed by atoms with Gasteiger partial charge in [0.05, 0.1) is 11.4 Å². The molecule has 0 atom stereocenters. The number of hydrogen-bond acceptors (Lipinski definition) is 3. The maximum Gasteiger partial charge on any atom is 0.257 e. The standard InChI is InChI=1S/C13H15FN4O/c1-7-4-5-9(14)6-10(7)13(19)16-12-11(15)8(2)17-18(12)3/h4-6H,15H2,1-3H3,(H,16,19). The highest BCUT2D eigenvalue weighted by atomic mass is 19.1. The van der Waals surface area contributed by atoms with Crippen LogP contribution in [0.25, 0.3) is 0 Å². The quantitative estimate of drug-likeness (QED) is 0.869. The molecule has 3 N–H and O–H groups in total. The van der Waals surface area contributed by atoms with Crippen LogP contribution in [0.15, 0.2) is 18.2 Å². The van der Waals surface area contributed by atoms with Gasteiger partial charge >= 0.3 is 0 Å². The predicted octanol–water partition coefficient (Wildman–Crippen LogP) is 2.01. The third kappa shape index (κ3) is 2.42. The van der Waals surface area contributed by atoms with E-state index in [1.165, 1.54) is 16.8 Å². The molecule has 2 aromatic rings. The van der Waals surface area contributed by atoms with Crippen molar-refractivity contribution in [3.05, 3.63) is 40.8 Å². The number of anilines is 2. The fourth-order valence-corrected chi connectivity index (χ4v) is 1.84. The number of aromatic nitrogens is 2. The van der Waals surface area contributed by atoms with Crippen molar-refractivity contribution in [2.45, 2.75) is 13.8 Å². The number of hydrogen-bond donors (Lipinski definition) is 2. The maximum absolute atomic E-state index is 13.2. The third-order valence-electron chi connectivity index (χ3n) is 2.94. The Labute approximate surface area is 110 Å². The van der Waals surface area contributed by atoms with Crippen LogP contribution < -0.4 is 11.1 Å². The van der Waals surface area contributed by atoms with Gasteiger partial charge in [0, 0.05) is 12.6 Å². The molecule has 0 bridgehead atoms. The summed E-state index contributed by atoms with van der Waals surface area (Å²) in [5, 5.41) is 6.75. The van der Waals surface area contributed by atoms with E-state index in [1.54, 1.807) is 27.0 Å². The zero-order valence-corrected chi connectivity index (χ0v) is 11.0. The normalized spacial score (nSPS) is 10.5. The Morgan fingerprint density at radius 1 is 1.42 bits per heavy atom. The van der Waals surface area contributed by atoms with E-state index in [0.717, 1.165) is 0 Å². The van der Waals surface area contributed by atoms with Crippen molar-refractivity contribution in [2.24, 2.45) is 7.05 Å². The molecule has 0 aliphatic heterocycles. The highest BCUT2D eigenvalue weighted by Crippen LogP contribution is 2.22. The number of nitrogen functional groups attached to an aromatic ring is 1. The second-order valence-electron chi connectivity index (χ2n) is 4.38. The van der Waals surface area contributed by atoms with Crippen LogP contribution in [0, 0.1) is 19.7 Å². The second kappa shape index (κ2) is 4.72. The van der Waals surface area contributed by atoms with Crippen LogP contribution in [0.1, 0.15) is 21.6 Å². The van der Waals surface area contributed by atoms with E-state index in [9.17, 15) is 9.18 Å². The number of carbonyl (C=O) groups is 1. The first-order valence-electron chi connectivity index (χ1n) is 5.76. The number of nitrogens with two attached hydrogens (primary N) is 1. The highest BCUT2D eigenvalue weighted by Gasteiger charge is 2.16. The number of nitrogens with one attached hydrogen (secondary N) is 1. The van der Waals surface area contributed by atoms with Gasteiger partial charge in [0.25, 0.3) is 5.91 Å². The smallest absolute Gasteiger partial charge is 0.257 e. The molecule has 6 heteroatoms. The Morgan fingerprint density at radius 2 is 2.11 bits per heavy atom. The van der Waals surface area contributed by atoms with Crippen LogP contribution in [0.4, 0.5) is 15.9 Å². The highest BCUT2D eigenvalue weighted by molar-refractivity contribution is 6.06. The number of carbonyl (C=O) groups excluding carboxylic acids is 1. The van der Waals surface area contributed by atoms with Crippen LogP contribution in [0.3, 0.4) is 0 Å². The van der Waals surface area contributed by atoms with Gasteiger partial charge in [-0.15, -0.1) is 0 Å². The van der Waals surface area contributed by atoms with Gasteiger partial charge in [-0.2, -0.15) is 5.10 Å². The van der Waals surface area contributed by atoms with Crippen LogP contribution in [-0.2, 0) is 7.05 Å². The molecular weight excluding hydrogens is 247 g/mol. The van der Waals surface area contributed by atoms with E-state index in [-0.39, 0.29) is 5.56 Å². The van der Waals surface area contributed by atoms with Gasteiger partial charge in [-0.25, -0.2) is 4.39 Å². The van der Waals surface area contributed by atoms with E-state index < -0.39 is 11.7 Å². The average Bonchev–Trinajstić information content (AvgIpc) is 2.59. The molecule has 0 aliphatic carbocycles. The van der Waals surface area contributed by atoms with Gasteiger partial charge in [-0.05, 0) is 31.5 Å². The van der Waals surface area contributed by atoms with E-state index >= 15 is 0 Å². The first-order valence-corrected chi connectivity index (χ1v) is 5.76. The van der Waals surface area contributed by atoms with Gasteiger partial charge in [0.2, 0.25) is 0 Å². The molecule has 0 unspecified atom stereocenters. The van der Waals surface area contributed by atoms with E-state index in [0.29, 0.717) is 22.8 Å². The van der Waals surface area contributed by atoms with Crippen LogP contribution in [0.2, 0.25) is 0 Å². The zero-order valence-electron chi connectivity index (χ0n) is 11.0. The summed E-state index contributed by atoms with van der Waals surface area (Å²) in [5.74, 6) is -0.456. The average molecular weight is 262 g/mol.